The average molecular weight is 168 g/mol. The smallest absolute Gasteiger partial charge is 0.244 e. The summed E-state index contributed by atoms with van der Waals surface area (Å²) in [7, 11) is 0. The van der Waals surface area contributed by atoms with Gasteiger partial charge < -0.3 is 12.3 Å². The summed E-state index contributed by atoms with van der Waals surface area (Å²) in [5.74, 6) is -0.590. The third-order valence-corrected chi connectivity index (χ3v) is 1.37. The Morgan fingerprint density at radius 1 is 1.10 bits per heavy atom. The topological polar surface area (TPSA) is 107 Å². The maximum absolute atomic E-state index is 10.4. The molecule has 6 heteroatoms. The van der Waals surface area contributed by atoms with E-state index in [9.17, 15) is 9.59 Å². The second kappa shape index (κ2) is 4.21. The Morgan fingerprint density at radius 2 is 1.40 bits per heavy atom. The quantitative estimate of drug-likeness (QED) is 0.407. The summed E-state index contributed by atoms with van der Waals surface area (Å²) in [6.45, 7) is 0. The Hall–Kier alpha value is -0.650. The van der Waals surface area contributed by atoms with Crippen LogP contribution in [-0.2, 0) is 9.59 Å². The molecule has 2 amide bonds. The molecule has 6 N–H and O–H groups in total. The van der Waals surface area contributed by atoms with Gasteiger partial charge in [-0.05, 0) is 0 Å². The highest BCUT2D eigenvalue weighted by atomic mass is 35.5. The highest BCUT2D eigenvalue weighted by Crippen LogP contribution is 2.12. The molecule has 0 aromatic rings. The largest absolute Gasteiger partial charge is 0.344 e. The highest BCUT2D eigenvalue weighted by molar-refractivity contribution is 6.32. The van der Waals surface area contributed by atoms with Gasteiger partial charge in [0, 0.05) is 24.6 Å². The number of amides is 2. The fraction of sp³-hybridized carbons (Fsp3) is 0.500. The Labute approximate surface area is 63.6 Å². The molecular weight excluding hydrogens is 158 g/mol. The third kappa shape index (κ3) is 1.94. The molecule has 0 spiro atoms. The van der Waals surface area contributed by atoms with Gasteiger partial charge >= 0.3 is 0 Å². The molecule has 1 aliphatic heterocycles. The second-order valence-electron chi connectivity index (χ2n) is 1.57. The van der Waals surface area contributed by atoms with Gasteiger partial charge in [-0.2, -0.15) is 4.42 Å². The standard InChI is InChI=1S/C4H4ClNO2.2H3N/c5-6-3(7)1-2-4(6)8;;/h1-2H2;2*1H3. The molecule has 1 heterocycles. The van der Waals surface area contributed by atoms with Crippen molar-refractivity contribution in [2.75, 3.05) is 0 Å². The van der Waals surface area contributed by atoms with Gasteiger partial charge in [0.15, 0.2) is 0 Å². The Morgan fingerprint density at radius 3 is 1.50 bits per heavy atom. The van der Waals surface area contributed by atoms with Crippen LogP contribution in [0.2, 0.25) is 0 Å². The summed E-state index contributed by atoms with van der Waals surface area (Å²) in [4.78, 5) is 20.7. The lowest BCUT2D eigenvalue weighted by Gasteiger charge is -1.96. The van der Waals surface area contributed by atoms with Crippen LogP contribution < -0.4 is 12.3 Å². The molecule has 0 aromatic carbocycles. The monoisotopic (exact) mass is 167 g/mol. The van der Waals surface area contributed by atoms with E-state index in [1.807, 2.05) is 0 Å². The lowest BCUT2D eigenvalue weighted by molar-refractivity contribution is -0.132. The first kappa shape index (κ1) is 12.1. The van der Waals surface area contributed by atoms with Gasteiger partial charge in [-0.25, -0.2) is 0 Å². The molecule has 60 valence electrons. The van der Waals surface area contributed by atoms with Crippen molar-refractivity contribution in [1.82, 2.24) is 16.7 Å². The Kier molecular flexibility index (Phi) is 5.08. The van der Waals surface area contributed by atoms with Crippen molar-refractivity contribution in [2.45, 2.75) is 12.8 Å². The van der Waals surface area contributed by atoms with Crippen LogP contribution in [0.3, 0.4) is 0 Å². The lowest BCUT2D eigenvalue weighted by atomic mass is 10.4. The number of hydrogen-bond donors (Lipinski definition) is 2. The predicted molar refractivity (Wildman–Crippen MR) is 37.0 cm³/mol. The summed E-state index contributed by atoms with van der Waals surface area (Å²) in [5.41, 5.74) is 0. The molecule has 1 saturated heterocycles. The Balaban J connectivity index is 0. The number of imide groups is 1. The molecular formula is C4H10ClN3O2. The van der Waals surface area contributed by atoms with Gasteiger partial charge in [-0.15, -0.1) is 0 Å². The normalized spacial score (nSPS) is 16.3. The van der Waals surface area contributed by atoms with E-state index in [2.05, 4.69) is 0 Å². The van der Waals surface area contributed by atoms with Crippen LogP contribution in [0.4, 0.5) is 0 Å². The van der Waals surface area contributed by atoms with Gasteiger partial charge in [0.05, 0.1) is 0 Å². The molecule has 1 rings (SSSR count). The molecule has 0 atom stereocenters. The third-order valence-electron chi connectivity index (χ3n) is 0.991. The van der Waals surface area contributed by atoms with Crippen LogP contribution in [0, 0.1) is 0 Å². The summed E-state index contributed by atoms with van der Waals surface area (Å²) in [6, 6.07) is 0. The van der Waals surface area contributed by atoms with E-state index < -0.39 is 0 Å². The van der Waals surface area contributed by atoms with Gasteiger partial charge in [-0.3, -0.25) is 9.59 Å². The van der Waals surface area contributed by atoms with Crippen molar-refractivity contribution < 1.29 is 9.59 Å². The van der Waals surface area contributed by atoms with Crippen molar-refractivity contribution >= 4 is 23.6 Å². The van der Waals surface area contributed by atoms with Crippen molar-refractivity contribution in [3.8, 4) is 0 Å². The van der Waals surface area contributed by atoms with E-state index in [1.54, 1.807) is 0 Å². The average Bonchev–Trinajstić information content (AvgIpc) is 1.98. The van der Waals surface area contributed by atoms with E-state index in [-0.39, 0.29) is 37.0 Å². The number of nitrogens with zero attached hydrogens (tertiary/aromatic N) is 1. The number of halogens is 1. The van der Waals surface area contributed by atoms with E-state index in [0.29, 0.717) is 4.42 Å². The van der Waals surface area contributed by atoms with E-state index >= 15 is 0 Å². The minimum atomic E-state index is -0.295. The summed E-state index contributed by atoms with van der Waals surface area (Å²) < 4.78 is 0.639. The minimum absolute atomic E-state index is 0. The SMILES string of the molecule is N.N.O=C1CCC(=O)N1Cl. The second-order valence-corrected chi connectivity index (χ2v) is 1.91. The van der Waals surface area contributed by atoms with Crippen LogP contribution in [-0.4, -0.2) is 16.2 Å². The lowest BCUT2D eigenvalue weighted by Crippen LogP contribution is -2.16. The molecule has 1 fully saturated rings. The van der Waals surface area contributed by atoms with Crippen LogP contribution in [0.5, 0.6) is 0 Å². The van der Waals surface area contributed by atoms with Crippen LogP contribution >= 0.6 is 11.8 Å². The molecule has 0 bridgehead atoms. The molecule has 0 aromatic heterocycles. The molecule has 10 heavy (non-hydrogen) atoms. The van der Waals surface area contributed by atoms with Crippen molar-refractivity contribution in [3.05, 3.63) is 0 Å². The first-order valence-electron chi connectivity index (χ1n) is 2.23. The molecule has 0 aliphatic carbocycles. The summed E-state index contributed by atoms with van der Waals surface area (Å²) in [5, 5.41) is 0. The molecule has 1 aliphatic rings. The maximum atomic E-state index is 10.4. The van der Waals surface area contributed by atoms with E-state index in [1.165, 1.54) is 0 Å². The molecule has 5 nitrogen and oxygen atoms in total. The van der Waals surface area contributed by atoms with Crippen LogP contribution in [0.15, 0.2) is 0 Å². The number of carbonyl (C=O) groups is 2. The van der Waals surface area contributed by atoms with Crippen molar-refractivity contribution in [2.24, 2.45) is 0 Å². The first-order valence-corrected chi connectivity index (χ1v) is 2.57. The zero-order chi connectivity index (χ0) is 6.15. The molecule has 0 unspecified atom stereocenters. The van der Waals surface area contributed by atoms with Gasteiger partial charge in [0.1, 0.15) is 0 Å². The van der Waals surface area contributed by atoms with E-state index in [0.717, 1.165) is 0 Å². The van der Waals surface area contributed by atoms with Crippen LogP contribution in [0.1, 0.15) is 12.8 Å². The summed E-state index contributed by atoms with van der Waals surface area (Å²) in [6.07, 6.45) is 0.532. The predicted octanol–water partition coefficient (Wildman–Crippen LogP) is 0.613. The minimum Gasteiger partial charge on any atom is -0.344 e. The molecule has 0 radical (unpaired) electrons. The molecule has 0 saturated carbocycles. The van der Waals surface area contributed by atoms with Gasteiger partial charge in [-0.1, -0.05) is 0 Å². The number of hydrogen-bond acceptors (Lipinski definition) is 4. The van der Waals surface area contributed by atoms with E-state index in [4.69, 9.17) is 11.8 Å². The van der Waals surface area contributed by atoms with Gasteiger partial charge in [0.25, 0.3) is 0 Å². The fourth-order valence-corrected chi connectivity index (χ4v) is 0.718. The Bertz CT molecular complexity index is 133. The zero-order valence-corrected chi connectivity index (χ0v) is 6.23. The zero-order valence-electron chi connectivity index (χ0n) is 5.47. The number of carbonyl (C=O) groups excluding carboxylic acids is 2. The van der Waals surface area contributed by atoms with Crippen molar-refractivity contribution in [1.29, 1.82) is 0 Å². The highest BCUT2D eigenvalue weighted by Gasteiger charge is 2.26. The maximum Gasteiger partial charge on any atom is 0.244 e. The van der Waals surface area contributed by atoms with Crippen molar-refractivity contribution in [3.63, 3.8) is 0 Å². The summed E-state index contributed by atoms with van der Waals surface area (Å²) >= 11 is 5.15. The van der Waals surface area contributed by atoms with Crippen LogP contribution in [0.25, 0.3) is 0 Å². The fourth-order valence-electron chi connectivity index (χ4n) is 0.549. The number of rotatable bonds is 0. The first-order chi connectivity index (χ1) is 3.72. The van der Waals surface area contributed by atoms with Gasteiger partial charge in [0.2, 0.25) is 11.8 Å².